The third-order valence-electron chi connectivity index (χ3n) is 2.56. The summed E-state index contributed by atoms with van der Waals surface area (Å²) in [6, 6.07) is 2.01. The maximum atomic E-state index is 5.44. The maximum Gasteiger partial charge on any atom is 0.240 e. The van der Waals surface area contributed by atoms with Gasteiger partial charge >= 0.3 is 0 Å². The largest absolute Gasteiger partial charge is 0.381 e. The van der Waals surface area contributed by atoms with Gasteiger partial charge in [-0.2, -0.15) is 4.98 Å². The molecular weight excluding hydrogens is 262 g/mol. The van der Waals surface area contributed by atoms with E-state index in [1.54, 1.807) is 11.3 Å². The molecule has 4 N–H and O–H groups in total. The molecule has 0 saturated heterocycles. The number of anilines is 2. The number of nitrogens with zero attached hydrogens (tertiary/aromatic N) is 2. The Bertz CT molecular complexity index is 516. The summed E-state index contributed by atoms with van der Waals surface area (Å²) in [4.78, 5) is 9.55. The predicted octanol–water partition coefficient (Wildman–Crippen LogP) is 2.21. The molecule has 2 rings (SSSR count). The second-order valence-electron chi connectivity index (χ2n) is 4.07. The van der Waals surface area contributed by atoms with Gasteiger partial charge in [0.15, 0.2) is 0 Å². The van der Waals surface area contributed by atoms with Crippen molar-refractivity contribution in [3.63, 3.8) is 0 Å². The number of hydrogen-bond acceptors (Lipinski definition) is 7. The molecule has 0 aromatic carbocycles. The SMILES string of the molecule is CCCOCCCNc1nc(NN)nc2sccc12. The van der Waals surface area contributed by atoms with Gasteiger partial charge in [-0.15, -0.1) is 11.3 Å². The number of hydrazine groups is 1. The molecule has 0 spiro atoms. The van der Waals surface area contributed by atoms with Gasteiger partial charge in [0.1, 0.15) is 10.6 Å². The third kappa shape index (κ3) is 3.76. The summed E-state index contributed by atoms with van der Waals surface area (Å²) in [5.74, 6) is 6.61. The van der Waals surface area contributed by atoms with Crippen LogP contribution in [0.5, 0.6) is 0 Å². The minimum atomic E-state index is 0.430. The van der Waals surface area contributed by atoms with E-state index >= 15 is 0 Å². The Morgan fingerprint density at radius 2 is 2.26 bits per heavy atom. The molecule has 19 heavy (non-hydrogen) atoms. The van der Waals surface area contributed by atoms with E-state index in [1.165, 1.54) is 0 Å². The quantitative estimate of drug-likeness (QED) is 0.391. The lowest BCUT2D eigenvalue weighted by Crippen LogP contribution is -2.13. The van der Waals surface area contributed by atoms with Gasteiger partial charge in [0.05, 0.1) is 5.39 Å². The average molecular weight is 281 g/mol. The number of thiophene rings is 1. The molecule has 0 aliphatic rings. The molecule has 0 radical (unpaired) electrons. The Balaban J connectivity index is 1.93. The molecule has 0 atom stereocenters. The van der Waals surface area contributed by atoms with Crippen molar-refractivity contribution in [1.29, 1.82) is 0 Å². The monoisotopic (exact) mass is 281 g/mol. The van der Waals surface area contributed by atoms with E-state index in [0.717, 1.165) is 48.6 Å². The highest BCUT2D eigenvalue weighted by Crippen LogP contribution is 2.26. The number of nitrogens with one attached hydrogen (secondary N) is 2. The lowest BCUT2D eigenvalue weighted by molar-refractivity contribution is 0.134. The number of hydrogen-bond donors (Lipinski definition) is 3. The van der Waals surface area contributed by atoms with Crippen LogP contribution in [0.1, 0.15) is 19.8 Å². The fourth-order valence-corrected chi connectivity index (χ4v) is 2.45. The van der Waals surface area contributed by atoms with E-state index in [9.17, 15) is 0 Å². The lowest BCUT2D eigenvalue weighted by Gasteiger charge is -2.08. The van der Waals surface area contributed by atoms with E-state index in [-0.39, 0.29) is 0 Å². The smallest absolute Gasteiger partial charge is 0.240 e. The molecule has 0 unspecified atom stereocenters. The molecule has 6 nitrogen and oxygen atoms in total. The van der Waals surface area contributed by atoms with Crippen LogP contribution in [0.2, 0.25) is 0 Å². The van der Waals surface area contributed by atoms with Crippen molar-refractivity contribution in [2.45, 2.75) is 19.8 Å². The van der Waals surface area contributed by atoms with Crippen LogP contribution in [0.25, 0.3) is 10.2 Å². The Kier molecular flexibility index (Phi) is 5.31. The molecule has 0 saturated carbocycles. The molecule has 2 heterocycles. The molecule has 0 aliphatic heterocycles. The van der Waals surface area contributed by atoms with Crippen LogP contribution >= 0.6 is 11.3 Å². The van der Waals surface area contributed by atoms with Crippen LogP contribution in [0, 0.1) is 0 Å². The highest BCUT2D eigenvalue weighted by molar-refractivity contribution is 7.16. The highest BCUT2D eigenvalue weighted by atomic mass is 32.1. The van der Waals surface area contributed by atoms with Gasteiger partial charge in [0.2, 0.25) is 5.95 Å². The molecule has 0 amide bonds. The lowest BCUT2D eigenvalue weighted by atomic mass is 10.3. The minimum absolute atomic E-state index is 0.430. The number of aromatic nitrogens is 2. The van der Waals surface area contributed by atoms with Crippen LogP contribution < -0.4 is 16.6 Å². The first-order valence-corrected chi connectivity index (χ1v) is 7.26. The normalized spacial score (nSPS) is 10.8. The Hall–Kier alpha value is -1.44. The van der Waals surface area contributed by atoms with Crippen molar-refractivity contribution in [1.82, 2.24) is 9.97 Å². The number of rotatable bonds is 8. The van der Waals surface area contributed by atoms with Crippen LogP contribution in [0.3, 0.4) is 0 Å². The molecule has 0 aliphatic carbocycles. The molecule has 2 aromatic rings. The van der Waals surface area contributed by atoms with Crippen molar-refractivity contribution in [3.05, 3.63) is 11.4 Å². The zero-order valence-corrected chi connectivity index (χ0v) is 11.8. The van der Waals surface area contributed by atoms with E-state index in [0.29, 0.717) is 5.95 Å². The third-order valence-corrected chi connectivity index (χ3v) is 3.37. The van der Waals surface area contributed by atoms with Gasteiger partial charge in [0, 0.05) is 19.8 Å². The van der Waals surface area contributed by atoms with E-state index in [4.69, 9.17) is 10.6 Å². The first-order chi connectivity index (χ1) is 9.35. The second-order valence-corrected chi connectivity index (χ2v) is 4.97. The molecule has 2 aromatic heterocycles. The molecule has 0 bridgehead atoms. The van der Waals surface area contributed by atoms with E-state index < -0.39 is 0 Å². The predicted molar refractivity (Wildman–Crippen MR) is 79.4 cm³/mol. The van der Waals surface area contributed by atoms with Gasteiger partial charge in [-0.25, -0.2) is 10.8 Å². The number of nitrogens with two attached hydrogens (primary N) is 1. The van der Waals surface area contributed by atoms with Crippen LogP contribution in [0.15, 0.2) is 11.4 Å². The summed E-state index contributed by atoms with van der Waals surface area (Å²) in [5, 5.41) is 6.33. The summed E-state index contributed by atoms with van der Waals surface area (Å²) in [7, 11) is 0. The van der Waals surface area contributed by atoms with Gasteiger partial charge in [-0.1, -0.05) is 6.92 Å². The molecular formula is C12H19N5OS. The van der Waals surface area contributed by atoms with Gasteiger partial charge in [0.25, 0.3) is 0 Å². The van der Waals surface area contributed by atoms with Crippen molar-refractivity contribution in [3.8, 4) is 0 Å². The van der Waals surface area contributed by atoms with Crippen molar-refractivity contribution in [2.75, 3.05) is 30.5 Å². The summed E-state index contributed by atoms with van der Waals surface area (Å²) < 4.78 is 5.44. The standard InChI is InChI=1S/C12H19N5OS/c1-2-6-18-7-3-5-14-10-9-4-8-19-11(9)16-12(15-10)17-13/h4,8H,2-3,5-7,13H2,1H3,(H2,14,15,16,17). The molecule has 104 valence electrons. The Labute approximate surface area is 116 Å². The minimum Gasteiger partial charge on any atom is -0.381 e. The zero-order chi connectivity index (χ0) is 13.5. The molecule has 0 fully saturated rings. The van der Waals surface area contributed by atoms with Gasteiger partial charge in [-0.3, -0.25) is 5.43 Å². The topological polar surface area (TPSA) is 85.1 Å². The number of ether oxygens (including phenoxy) is 1. The maximum absolute atomic E-state index is 5.44. The summed E-state index contributed by atoms with van der Waals surface area (Å²) in [5.41, 5.74) is 2.49. The number of fused-ring (bicyclic) bond motifs is 1. The fourth-order valence-electron chi connectivity index (χ4n) is 1.68. The van der Waals surface area contributed by atoms with Gasteiger partial charge < -0.3 is 10.1 Å². The first kappa shape index (κ1) is 14.0. The first-order valence-electron chi connectivity index (χ1n) is 6.38. The van der Waals surface area contributed by atoms with Crippen LogP contribution in [-0.4, -0.2) is 29.7 Å². The van der Waals surface area contributed by atoms with E-state index in [1.807, 2.05) is 11.4 Å². The van der Waals surface area contributed by atoms with Crippen molar-refractivity contribution >= 4 is 33.3 Å². The zero-order valence-electron chi connectivity index (χ0n) is 11.0. The van der Waals surface area contributed by atoms with Crippen molar-refractivity contribution in [2.24, 2.45) is 5.84 Å². The molecule has 7 heteroatoms. The van der Waals surface area contributed by atoms with E-state index in [2.05, 4.69) is 27.6 Å². The highest BCUT2D eigenvalue weighted by Gasteiger charge is 2.07. The Morgan fingerprint density at radius 3 is 3.05 bits per heavy atom. The summed E-state index contributed by atoms with van der Waals surface area (Å²) in [6.07, 6.45) is 2.00. The average Bonchev–Trinajstić information content (AvgIpc) is 2.90. The second kappa shape index (κ2) is 7.22. The Morgan fingerprint density at radius 1 is 1.37 bits per heavy atom. The van der Waals surface area contributed by atoms with Crippen LogP contribution in [0.4, 0.5) is 11.8 Å². The fraction of sp³-hybridized carbons (Fsp3) is 0.500. The summed E-state index contributed by atoms with van der Waals surface area (Å²) in [6.45, 7) is 4.51. The van der Waals surface area contributed by atoms with Crippen molar-refractivity contribution < 1.29 is 4.74 Å². The summed E-state index contributed by atoms with van der Waals surface area (Å²) >= 11 is 1.57. The number of nitrogen functional groups attached to an aromatic ring is 1. The van der Waals surface area contributed by atoms with Gasteiger partial charge in [-0.05, 0) is 24.3 Å². The van der Waals surface area contributed by atoms with Crippen LogP contribution in [-0.2, 0) is 4.74 Å².